The fourth-order valence-electron chi connectivity index (χ4n) is 5.29. The number of rotatable bonds is 4. The molecule has 1 aromatic heterocycles. The van der Waals surface area contributed by atoms with E-state index in [0.29, 0.717) is 12.3 Å². The zero-order valence-corrected chi connectivity index (χ0v) is 17.5. The van der Waals surface area contributed by atoms with Crippen LogP contribution in [0.15, 0.2) is 60.3 Å². The highest BCUT2D eigenvalue weighted by Crippen LogP contribution is 2.55. The van der Waals surface area contributed by atoms with E-state index < -0.39 is 6.10 Å². The van der Waals surface area contributed by atoms with Crippen LogP contribution in [-0.4, -0.2) is 14.9 Å². The van der Waals surface area contributed by atoms with Crippen LogP contribution in [0.4, 0.5) is 4.39 Å². The number of aliphatic hydroxyl groups is 1. The average molecular weight is 403 g/mol. The topological polar surface area (TPSA) is 38.0 Å². The van der Waals surface area contributed by atoms with Gasteiger partial charge in [0.15, 0.2) is 0 Å². The number of aliphatic hydroxyl groups excluding tert-OH is 1. The number of allylic oxidation sites excluding steroid dienone is 1. The van der Waals surface area contributed by atoms with Crippen molar-refractivity contribution in [1.29, 1.82) is 0 Å². The number of fused-ring (bicyclic) bond motifs is 2. The maximum Gasteiger partial charge on any atom is 0.123 e. The van der Waals surface area contributed by atoms with Crippen molar-refractivity contribution in [2.24, 2.45) is 11.3 Å². The van der Waals surface area contributed by atoms with Crippen molar-refractivity contribution in [2.75, 3.05) is 0 Å². The summed E-state index contributed by atoms with van der Waals surface area (Å²) in [6, 6.07) is 14.7. The predicted molar refractivity (Wildman–Crippen MR) is 117 cm³/mol. The molecule has 1 saturated carbocycles. The maximum absolute atomic E-state index is 13.2. The summed E-state index contributed by atoms with van der Waals surface area (Å²) in [5, 5.41) is 15.5. The maximum atomic E-state index is 13.2. The van der Waals surface area contributed by atoms with Crippen molar-refractivity contribution in [3.8, 4) is 5.69 Å². The predicted octanol–water partition coefficient (Wildman–Crippen LogP) is 5.80. The summed E-state index contributed by atoms with van der Waals surface area (Å²) in [6.45, 7) is 4.43. The van der Waals surface area contributed by atoms with Gasteiger partial charge < -0.3 is 5.11 Å². The molecule has 3 nitrogen and oxygen atoms in total. The fraction of sp³-hybridized carbons (Fsp3) is 0.346. The van der Waals surface area contributed by atoms with Gasteiger partial charge in [-0.1, -0.05) is 42.3 Å². The molecule has 3 aromatic rings. The van der Waals surface area contributed by atoms with Gasteiger partial charge in [-0.15, -0.1) is 0 Å². The van der Waals surface area contributed by atoms with Crippen LogP contribution in [0.5, 0.6) is 0 Å². The van der Waals surface area contributed by atoms with Crippen LogP contribution < -0.4 is 0 Å². The number of hydrogen-bond acceptors (Lipinski definition) is 2. The van der Waals surface area contributed by atoms with Crippen molar-refractivity contribution >= 4 is 6.08 Å². The number of benzene rings is 2. The van der Waals surface area contributed by atoms with Crippen molar-refractivity contribution in [3.63, 3.8) is 0 Å². The number of hydrogen-bond donors (Lipinski definition) is 1. The molecule has 4 heteroatoms. The molecule has 1 N–H and O–H groups in total. The van der Waals surface area contributed by atoms with E-state index in [9.17, 15) is 9.50 Å². The molecule has 0 saturated heterocycles. The first-order valence-electron chi connectivity index (χ1n) is 10.7. The smallest absolute Gasteiger partial charge is 0.123 e. The second kappa shape index (κ2) is 7.21. The Hall–Kier alpha value is -2.72. The third-order valence-corrected chi connectivity index (χ3v) is 7.19. The van der Waals surface area contributed by atoms with Gasteiger partial charge in [-0.2, -0.15) is 5.10 Å². The fourth-order valence-corrected chi connectivity index (χ4v) is 5.29. The number of nitrogens with zero attached hydrogens (tertiary/aromatic N) is 2. The molecule has 30 heavy (non-hydrogen) atoms. The molecular weight excluding hydrogens is 375 g/mol. The first-order chi connectivity index (χ1) is 14.4. The lowest BCUT2D eigenvalue weighted by Crippen LogP contribution is -2.30. The minimum absolute atomic E-state index is 0.0369. The number of aromatic nitrogens is 2. The van der Waals surface area contributed by atoms with E-state index in [0.717, 1.165) is 30.5 Å². The molecule has 0 unspecified atom stereocenters. The standard InChI is InChI=1S/C26H27FN2O/c1-17-3-11-23(12-4-17)29-24-13-20-7-8-21(26(20,2)15-19(24)16-28-29)14-25(30)18-5-9-22(27)10-6-18/h3-6,9-13,16,21,25,30H,7-8,14-15H2,1-2H3/t21-,25-,26+/m1/s1. The summed E-state index contributed by atoms with van der Waals surface area (Å²) in [5.74, 6) is 0.120. The Labute approximate surface area is 176 Å². The van der Waals surface area contributed by atoms with E-state index in [2.05, 4.69) is 49.3 Å². The number of halogens is 1. The van der Waals surface area contributed by atoms with E-state index >= 15 is 0 Å². The molecule has 1 fully saturated rings. The van der Waals surface area contributed by atoms with Crippen molar-refractivity contribution in [3.05, 3.63) is 88.5 Å². The zero-order valence-electron chi connectivity index (χ0n) is 17.5. The van der Waals surface area contributed by atoms with Gasteiger partial charge in [0.05, 0.1) is 23.7 Å². The Morgan fingerprint density at radius 3 is 2.63 bits per heavy atom. The van der Waals surface area contributed by atoms with Gasteiger partial charge in [-0.05, 0) is 85.4 Å². The van der Waals surface area contributed by atoms with Crippen molar-refractivity contribution in [1.82, 2.24) is 9.78 Å². The molecule has 2 aromatic carbocycles. The quantitative estimate of drug-likeness (QED) is 0.599. The van der Waals surface area contributed by atoms with Gasteiger partial charge in [0, 0.05) is 0 Å². The first kappa shape index (κ1) is 19.3. The Balaban J connectivity index is 1.41. The lowest BCUT2D eigenvalue weighted by Gasteiger charge is -2.37. The average Bonchev–Trinajstić information content (AvgIpc) is 3.27. The van der Waals surface area contributed by atoms with Gasteiger partial charge in [0.25, 0.3) is 0 Å². The normalized spacial score (nSPS) is 23.6. The molecule has 0 radical (unpaired) electrons. The summed E-state index contributed by atoms with van der Waals surface area (Å²) in [4.78, 5) is 0. The molecular formula is C26H27FN2O. The lowest BCUT2D eigenvalue weighted by atomic mass is 9.68. The first-order valence-corrected chi connectivity index (χ1v) is 10.7. The Kier molecular flexibility index (Phi) is 4.62. The van der Waals surface area contributed by atoms with Gasteiger partial charge in [0.1, 0.15) is 5.82 Å². The molecule has 2 aliphatic carbocycles. The zero-order chi connectivity index (χ0) is 20.9. The molecule has 154 valence electrons. The Bertz CT molecular complexity index is 1100. The van der Waals surface area contributed by atoms with Crippen LogP contribution in [0.1, 0.15) is 54.7 Å². The monoisotopic (exact) mass is 402 g/mol. The minimum Gasteiger partial charge on any atom is -0.388 e. The van der Waals surface area contributed by atoms with Crippen molar-refractivity contribution in [2.45, 2.75) is 45.6 Å². The molecule has 1 heterocycles. The molecule has 0 spiro atoms. The largest absolute Gasteiger partial charge is 0.388 e. The molecule has 0 aliphatic heterocycles. The van der Waals surface area contributed by atoms with Crippen LogP contribution in [0.3, 0.4) is 0 Å². The summed E-state index contributed by atoms with van der Waals surface area (Å²) in [5.41, 5.74) is 7.07. The molecule has 3 atom stereocenters. The summed E-state index contributed by atoms with van der Waals surface area (Å²) in [7, 11) is 0. The van der Waals surface area contributed by atoms with E-state index in [-0.39, 0.29) is 11.2 Å². The lowest BCUT2D eigenvalue weighted by molar-refractivity contribution is 0.112. The van der Waals surface area contributed by atoms with E-state index in [1.165, 1.54) is 34.5 Å². The van der Waals surface area contributed by atoms with Crippen molar-refractivity contribution < 1.29 is 9.50 Å². The van der Waals surface area contributed by atoms with Crippen LogP contribution in [-0.2, 0) is 6.42 Å². The van der Waals surface area contributed by atoms with Gasteiger partial charge in [-0.3, -0.25) is 0 Å². The highest BCUT2D eigenvalue weighted by atomic mass is 19.1. The SMILES string of the molecule is Cc1ccc(-n2ncc3c2C=C2CC[C@H](C[C@@H](O)c4ccc(F)cc4)[C@@]2(C)C3)cc1. The second-order valence-corrected chi connectivity index (χ2v) is 9.10. The van der Waals surface area contributed by atoms with Crippen LogP contribution in [0.2, 0.25) is 0 Å². The molecule has 5 rings (SSSR count). The van der Waals surface area contributed by atoms with Crippen LogP contribution in [0.25, 0.3) is 11.8 Å². The third-order valence-electron chi connectivity index (χ3n) is 7.19. The van der Waals surface area contributed by atoms with Crippen LogP contribution >= 0.6 is 0 Å². The highest BCUT2D eigenvalue weighted by molar-refractivity contribution is 5.62. The molecule has 2 aliphatic rings. The summed E-state index contributed by atoms with van der Waals surface area (Å²) in [6.07, 6.45) is 7.53. The van der Waals surface area contributed by atoms with Gasteiger partial charge in [0.2, 0.25) is 0 Å². The number of aryl methyl sites for hydroxylation is 1. The highest BCUT2D eigenvalue weighted by Gasteiger charge is 2.46. The summed E-state index contributed by atoms with van der Waals surface area (Å²) >= 11 is 0. The van der Waals surface area contributed by atoms with E-state index in [1.54, 1.807) is 12.1 Å². The second-order valence-electron chi connectivity index (χ2n) is 9.10. The Morgan fingerprint density at radius 2 is 1.90 bits per heavy atom. The summed E-state index contributed by atoms with van der Waals surface area (Å²) < 4.78 is 15.3. The Morgan fingerprint density at radius 1 is 1.17 bits per heavy atom. The van der Waals surface area contributed by atoms with E-state index in [4.69, 9.17) is 0 Å². The van der Waals surface area contributed by atoms with Gasteiger partial charge >= 0.3 is 0 Å². The third kappa shape index (κ3) is 3.20. The van der Waals surface area contributed by atoms with Gasteiger partial charge in [-0.25, -0.2) is 9.07 Å². The van der Waals surface area contributed by atoms with Crippen LogP contribution in [0, 0.1) is 24.1 Å². The minimum atomic E-state index is -0.566. The molecule has 0 bridgehead atoms. The molecule has 0 amide bonds. The van der Waals surface area contributed by atoms with E-state index in [1.807, 2.05) is 10.9 Å².